The van der Waals surface area contributed by atoms with Gasteiger partial charge in [0.15, 0.2) is 0 Å². The lowest BCUT2D eigenvalue weighted by molar-refractivity contribution is -0.151. The molecule has 19 heavy (non-hydrogen) atoms. The predicted octanol–water partition coefficient (Wildman–Crippen LogP) is 1.60. The van der Waals surface area contributed by atoms with E-state index >= 15 is 0 Å². The van der Waals surface area contributed by atoms with E-state index in [0.717, 1.165) is 6.42 Å². The van der Waals surface area contributed by atoms with Crippen molar-refractivity contribution in [1.82, 2.24) is 4.90 Å². The number of likely N-dealkylation sites (tertiary alicyclic amines) is 1. The molecule has 0 N–H and O–H groups in total. The van der Waals surface area contributed by atoms with Crippen LogP contribution in [0.2, 0.25) is 0 Å². The fourth-order valence-corrected chi connectivity index (χ4v) is 2.19. The van der Waals surface area contributed by atoms with Gasteiger partial charge in [0.25, 0.3) is 0 Å². The van der Waals surface area contributed by atoms with Crippen LogP contribution >= 0.6 is 0 Å². The van der Waals surface area contributed by atoms with E-state index in [9.17, 15) is 9.59 Å². The number of rotatable bonds is 7. The fraction of sp³-hybridized carbons (Fsp3) is 0.857. The molecule has 1 aliphatic rings. The summed E-state index contributed by atoms with van der Waals surface area (Å²) in [4.78, 5) is 25.3. The standard InChI is InChI=1S/C14H25NO4/c1-3-10-18-11-7-13(16)15-8-5-12(6-9-15)14(17)19-4-2/h12H,3-11H2,1-2H3. The molecule has 1 amide bonds. The molecule has 5 heteroatoms. The van der Waals surface area contributed by atoms with Crippen molar-refractivity contribution in [3.05, 3.63) is 0 Å². The maximum Gasteiger partial charge on any atom is 0.309 e. The molecule has 1 rings (SSSR count). The zero-order valence-electron chi connectivity index (χ0n) is 12.0. The third-order valence-corrected chi connectivity index (χ3v) is 3.28. The molecule has 1 fully saturated rings. The van der Waals surface area contributed by atoms with Crippen molar-refractivity contribution < 1.29 is 19.1 Å². The predicted molar refractivity (Wildman–Crippen MR) is 71.7 cm³/mol. The van der Waals surface area contributed by atoms with E-state index < -0.39 is 0 Å². The molecule has 0 aromatic rings. The van der Waals surface area contributed by atoms with Gasteiger partial charge in [0.2, 0.25) is 5.91 Å². The molecule has 0 bridgehead atoms. The lowest BCUT2D eigenvalue weighted by Crippen LogP contribution is -2.41. The van der Waals surface area contributed by atoms with E-state index in [1.54, 1.807) is 0 Å². The van der Waals surface area contributed by atoms with Crippen LogP contribution in [-0.4, -0.2) is 49.7 Å². The van der Waals surface area contributed by atoms with Crippen LogP contribution in [0.5, 0.6) is 0 Å². The molecular formula is C14H25NO4. The van der Waals surface area contributed by atoms with Crippen LogP contribution in [0.4, 0.5) is 0 Å². The Bertz CT molecular complexity index is 285. The van der Waals surface area contributed by atoms with Crippen molar-refractivity contribution >= 4 is 11.9 Å². The van der Waals surface area contributed by atoms with Crippen molar-refractivity contribution in [2.24, 2.45) is 5.92 Å². The first-order valence-electron chi connectivity index (χ1n) is 7.21. The highest BCUT2D eigenvalue weighted by Crippen LogP contribution is 2.19. The molecule has 0 aliphatic carbocycles. The molecule has 0 radical (unpaired) electrons. The van der Waals surface area contributed by atoms with Crippen molar-refractivity contribution in [2.45, 2.75) is 39.5 Å². The van der Waals surface area contributed by atoms with Gasteiger partial charge in [-0.3, -0.25) is 9.59 Å². The van der Waals surface area contributed by atoms with Gasteiger partial charge in [-0.1, -0.05) is 6.92 Å². The summed E-state index contributed by atoms with van der Waals surface area (Å²) in [6.07, 6.45) is 2.82. The Hall–Kier alpha value is -1.10. The minimum absolute atomic E-state index is 0.0414. The lowest BCUT2D eigenvalue weighted by Gasteiger charge is -2.30. The molecule has 0 saturated carbocycles. The fourth-order valence-electron chi connectivity index (χ4n) is 2.19. The molecule has 1 aliphatic heterocycles. The summed E-state index contributed by atoms with van der Waals surface area (Å²) in [6, 6.07) is 0. The third kappa shape index (κ3) is 5.59. The number of hydrogen-bond donors (Lipinski definition) is 0. The molecule has 0 aromatic heterocycles. The van der Waals surface area contributed by atoms with E-state index in [2.05, 4.69) is 0 Å². The topological polar surface area (TPSA) is 55.8 Å². The van der Waals surface area contributed by atoms with Crippen molar-refractivity contribution in [3.8, 4) is 0 Å². The van der Waals surface area contributed by atoms with Crippen molar-refractivity contribution in [3.63, 3.8) is 0 Å². The van der Waals surface area contributed by atoms with E-state index in [1.165, 1.54) is 0 Å². The highest BCUT2D eigenvalue weighted by molar-refractivity contribution is 5.77. The third-order valence-electron chi connectivity index (χ3n) is 3.28. The van der Waals surface area contributed by atoms with Crippen LogP contribution < -0.4 is 0 Å². The Morgan fingerprint density at radius 1 is 1.16 bits per heavy atom. The smallest absolute Gasteiger partial charge is 0.309 e. The summed E-state index contributed by atoms with van der Waals surface area (Å²) < 4.78 is 10.3. The molecule has 110 valence electrons. The quantitative estimate of drug-likeness (QED) is 0.521. The van der Waals surface area contributed by atoms with E-state index in [1.807, 2.05) is 18.7 Å². The van der Waals surface area contributed by atoms with Gasteiger partial charge in [0.05, 0.1) is 25.6 Å². The van der Waals surface area contributed by atoms with Crippen LogP contribution in [0.25, 0.3) is 0 Å². The van der Waals surface area contributed by atoms with Crippen LogP contribution in [0, 0.1) is 5.92 Å². The Kier molecular flexibility index (Phi) is 7.48. The summed E-state index contributed by atoms with van der Waals surface area (Å²) in [5, 5.41) is 0. The van der Waals surface area contributed by atoms with Gasteiger partial charge >= 0.3 is 5.97 Å². The van der Waals surface area contributed by atoms with Crippen LogP contribution in [0.15, 0.2) is 0 Å². The number of carbonyl (C=O) groups excluding carboxylic acids is 2. The first-order chi connectivity index (χ1) is 9.19. The molecular weight excluding hydrogens is 246 g/mol. The highest BCUT2D eigenvalue weighted by Gasteiger charge is 2.27. The summed E-state index contributed by atoms with van der Waals surface area (Å²) >= 11 is 0. The van der Waals surface area contributed by atoms with E-state index in [-0.39, 0.29) is 17.8 Å². The van der Waals surface area contributed by atoms with E-state index in [0.29, 0.717) is 52.2 Å². The number of amides is 1. The zero-order valence-corrected chi connectivity index (χ0v) is 12.0. The van der Waals surface area contributed by atoms with Gasteiger partial charge in [-0.2, -0.15) is 0 Å². The number of nitrogens with zero attached hydrogens (tertiary/aromatic N) is 1. The molecule has 0 unspecified atom stereocenters. The monoisotopic (exact) mass is 271 g/mol. The number of ether oxygens (including phenoxy) is 2. The minimum atomic E-state index is -0.124. The van der Waals surface area contributed by atoms with Gasteiger partial charge in [0, 0.05) is 19.7 Å². The molecule has 5 nitrogen and oxygen atoms in total. The zero-order chi connectivity index (χ0) is 14.1. The second-order valence-corrected chi connectivity index (χ2v) is 4.77. The number of hydrogen-bond acceptors (Lipinski definition) is 4. The van der Waals surface area contributed by atoms with Crippen LogP contribution in [-0.2, 0) is 19.1 Å². The molecule has 0 spiro atoms. The number of piperidine rings is 1. The lowest BCUT2D eigenvalue weighted by atomic mass is 9.97. The Morgan fingerprint density at radius 3 is 2.42 bits per heavy atom. The molecule has 1 saturated heterocycles. The summed E-state index contributed by atoms with van der Waals surface area (Å²) in [6.45, 7) is 6.77. The Balaban J connectivity index is 2.21. The largest absolute Gasteiger partial charge is 0.466 e. The maximum absolute atomic E-state index is 11.9. The molecule has 0 aromatic carbocycles. The van der Waals surface area contributed by atoms with Gasteiger partial charge in [0.1, 0.15) is 0 Å². The van der Waals surface area contributed by atoms with Crippen LogP contribution in [0.1, 0.15) is 39.5 Å². The SMILES string of the molecule is CCCOCCC(=O)N1CCC(C(=O)OCC)CC1. The average molecular weight is 271 g/mol. The number of esters is 1. The summed E-state index contributed by atoms with van der Waals surface area (Å²) in [5.74, 6) is -0.0420. The average Bonchev–Trinajstić information content (AvgIpc) is 2.44. The molecule has 1 heterocycles. The van der Waals surface area contributed by atoms with E-state index in [4.69, 9.17) is 9.47 Å². The first kappa shape index (κ1) is 16.0. The first-order valence-corrected chi connectivity index (χ1v) is 7.21. The Labute approximate surface area is 115 Å². The normalized spacial score (nSPS) is 16.4. The second-order valence-electron chi connectivity index (χ2n) is 4.77. The van der Waals surface area contributed by atoms with Crippen molar-refractivity contribution in [2.75, 3.05) is 32.9 Å². The van der Waals surface area contributed by atoms with Gasteiger partial charge in [-0.25, -0.2) is 0 Å². The maximum atomic E-state index is 11.9. The summed E-state index contributed by atoms with van der Waals surface area (Å²) in [5.41, 5.74) is 0. The van der Waals surface area contributed by atoms with Crippen molar-refractivity contribution in [1.29, 1.82) is 0 Å². The summed E-state index contributed by atoms with van der Waals surface area (Å²) in [7, 11) is 0. The van der Waals surface area contributed by atoms with Gasteiger partial charge in [-0.15, -0.1) is 0 Å². The minimum Gasteiger partial charge on any atom is -0.466 e. The van der Waals surface area contributed by atoms with Gasteiger partial charge < -0.3 is 14.4 Å². The molecule has 0 atom stereocenters. The highest BCUT2D eigenvalue weighted by atomic mass is 16.5. The number of carbonyl (C=O) groups is 2. The second kappa shape index (κ2) is 8.91. The van der Waals surface area contributed by atoms with Crippen LogP contribution in [0.3, 0.4) is 0 Å². The Morgan fingerprint density at radius 2 is 1.84 bits per heavy atom. The van der Waals surface area contributed by atoms with Gasteiger partial charge in [-0.05, 0) is 26.2 Å².